The van der Waals surface area contributed by atoms with Gasteiger partial charge in [0.1, 0.15) is 11.6 Å². The minimum absolute atomic E-state index is 0.153. The summed E-state index contributed by atoms with van der Waals surface area (Å²) in [7, 11) is 3.41. The number of rotatable bonds is 5. The van der Waals surface area contributed by atoms with Crippen molar-refractivity contribution in [2.45, 2.75) is 13.3 Å². The van der Waals surface area contributed by atoms with E-state index < -0.39 is 23.3 Å². The first kappa shape index (κ1) is 15.8. The molecule has 0 aliphatic rings. The molecule has 108 valence electrons. The van der Waals surface area contributed by atoms with Crippen molar-refractivity contribution in [2.24, 2.45) is 0 Å². The summed E-state index contributed by atoms with van der Waals surface area (Å²) < 4.78 is 27.1. The molecule has 20 heavy (non-hydrogen) atoms. The number of benzene rings is 1. The molecule has 0 aliphatic carbocycles. The lowest BCUT2D eigenvalue weighted by atomic mass is 10.1. The van der Waals surface area contributed by atoms with E-state index in [4.69, 9.17) is 0 Å². The lowest BCUT2D eigenvalue weighted by Gasteiger charge is -2.08. The molecule has 0 atom stereocenters. The standard InChI is InChI=1S/C14H16F2N2O2/c1-4-14(20)17-12-7-9(10(15)8-11(12)16)13(19)5-6-18(2)3/h5-8H,4H2,1-3H3,(H,17,20). The highest BCUT2D eigenvalue weighted by Gasteiger charge is 2.15. The van der Waals surface area contributed by atoms with Crippen molar-refractivity contribution in [3.05, 3.63) is 41.6 Å². The normalized spacial score (nSPS) is 10.7. The summed E-state index contributed by atoms with van der Waals surface area (Å²) in [4.78, 5) is 24.6. The highest BCUT2D eigenvalue weighted by Crippen LogP contribution is 2.20. The SMILES string of the molecule is CCC(=O)Nc1cc(C(=O)C=CN(C)C)c(F)cc1F. The monoisotopic (exact) mass is 282 g/mol. The van der Waals surface area contributed by atoms with E-state index in [1.165, 1.54) is 12.3 Å². The summed E-state index contributed by atoms with van der Waals surface area (Å²) in [6, 6.07) is 1.59. The van der Waals surface area contributed by atoms with Crippen molar-refractivity contribution in [3.8, 4) is 0 Å². The molecule has 0 bridgehead atoms. The Morgan fingerprint density at radius 3 is 2.45 bits per heavy atom. The maximum absolute atomic E-state index is 13.6. The zero-order chi connectivity index (χ0) is 15.3. The van der Waals surface area contributed by atoms with Gasteiger partial charge in [0.25, 0.3) is 0 Å². The number of ketones is 1. The smallest absolute Gasteiger partial charge is 0.224 e. The number of amides is 1. The molecule has 1 amide bonds. The molecular weight excluding hydrogens is 266 g/mol. The van der Waals surface area contributed by atoms with Gasteiger partial charge in [0.2, 0.25) is 5.91 Å². The number of anilines is 1. The van der Waals surface area contributed by atoms with Crippen LogP contribution in [0.15, 0.2) is 24.4 Å². The first-order valence-corrected chi connectivity index (χ1v) is 6.03. The molecular formula is C14H16F2N2O2. The number of nitrogens with zero attached hydrogens (tertiary/aromatic N) is 1. The molecule has 0 radical (unpaired) electrons. The van der Waals surface area contributed by atoms with Gasteiger partial charge in [0.05, 0.1) is 11.3 Å². The summed E-state index contributed by atoms with van der Waals surface area (Å²) >= 11 is 0. The van der Waals surface area contributed by atoms with Crippen molar-refractivity contribution >= 4 is 17.4 Å². The Kier molecular flexibility index (Phi) is 5.37. The minimum atomic E-state index is -0.967. The van der Waals surface area contributed by atoms with E-state index in [-0.39, 0.29) is 17.7 Å². The summed E-state index contributed by atoms with van der Waals surface area (Å²) in [5.74, 6) is -2.91. The Hall–Kier alpha value is -2.24. The number of nitrogens with one attached hydrogen (secondary N) is 1. The molecule has 1 rings (SSSR count). The number of hydrogen-bond donors (Lipinski definition) is 1. The van der Waals surface area contributed by atoms with Crippen LogP contribution in [0, 0.1) is 11.6 Å². The quantitative estimate of drug-likeness (QED) is 0.667. The molecule has 0 aliphatic heterocycles. The van der Waals surface area contributed by atoms with Crippen LogP contribution in [-0.4, -0.2) is 30.7 Å². The highest BCUT2D eigenvalue weighted by molar-refractivity contribution is 6.05. The summed E-state index contributed by atoms with van der Waals surface area (Å²) in [5.41, 5.74) is -0.504. The lowest BCUT2D eigenvalue weighted by molar-refractivity contribution is -0.115. The minimum Gasteiger partial charge on any atom is -0.383 e. The van der Waals surface area contributed by atoms with E-state index in [1.54, 1.807) is 25.9 Å². The zero-order valence-corrected chi connectivity index (χ0v) is 11.5. The van der Waals surface area contributed by atoms with Gasteiger partial charge in [-0.1, -0.05) is 6.92 Å². The topological polar surface area (TPSA) is 49.4 Å². The second-order valence-electron chi connectivity index (χ2n) is 4.36. The Balaban J connectivity index is 3.11. The number of halogens is 2. The Bertz CT molecular complexity index is 554. The maximum Gasteiger partial charge on any atom is 0.224 e. The van der Waals surface area contributed by atoms with Gasteiger partial charge < -0.3 is 10.2 Å². The van der Waals surface area contributed by atoms with E-state index in [0.717, 1.165) is 6.07 Å². The van der Waals surface area contributed by atoms with Crippen LogP contribution in [0.2, 0.25) is 0 Å². The van der Waals surface area contributed by atoms with Gasteiger partial charge in [-0.05, 0) is 6.07 Å². The molecule has 0 unspecified atom stereocenters. The molecule has 0 fully saturated rings. The van der Waals surface area contributed by atoms with Gasteiger partial charge in [0.15, 0.2) is 5.78 Å². The van der Waals surface area contributed by atoms with Crippen LogP contribution in [0.25, 0.3) is 0 Å². The van der Waals surface area contributed by atoms with E-state index >= 15 is 0 Å². The van der Waals surface area contributed by atoms with Crippen LogP contribution in [0.4, 0.5) is 14.5 Å². The molecule has 0 saturated carbocycles. The van der Waals surface area contributed by atoms with Gasteiger partial charge in [-0.15, -0.1) is 0 Å². The molecule has 0 aromatic heterocycles. The highest BCUT2D eigenvalue weighted by atomic mass is 19.1. The van der Waals surface area contributed by atoms with Crippen molar-refractivity contribution in [1.29, 1.82) is 0 Å². The third kappa shape index (κ3) is 4.15. The maximum atomic E-state index is 13.6. The average Bonchev–Trinajstić information content (AvgIpc) is 2.38. The second-order valence-corrected chi connectivity index (χ2v) is 4.36. The van der Waals surface area contributed by atoms with Gasteiger partial charge in [-0.2, -0.15) is 0 Å². The first-order valence-electron chi connectivity index (χ1n) is 6.03. The van der Waals surface area contributed by atoms with Gasteiger partial charge in [-0.25, -0.2) is 8.78 Å². The van der Waals surface area contributed by atoms with Gasteiger partial charge >= 0.3 is 0 Å². The summed E-state index contributed by atoms with van der Waals surface area (Å²) in [6.07, 6.45) is 2.78. The van der Waals surface area contributed by atoms with E-state index in [9.17, 15) is 18.4 Å². The number of carbonyl (C=O) groups is 2. The van der Waals surface area contributed by atoms with E-state index in [2.05, 4.69) is 5.32 Å². The lowest BCUT2D eigenvalue weighted by Crippen LogP contribution is -2.12. The first-order chi connectivity index (χ1) is 9.35. The van der Waals surface area contributed by atoms with E-state index in [0.29, 0.717) is 6.07 Å². The largest absolute Gasteiger partial charge is 0.383 e. The third-order valence-electron chi connectivity index (χ3n) is 2.44. The fourth-order valence-electron chi connectivity index (χ4n) is 1.38. The fraction of sp³-hybridized carbons (Fsp3) is 0.286. The Morgan fingerprint density at radius 2 is 1.90 bits per heavy atom. The molecule has 1 aromatic rings. The number of allylic oxidation sites excluding steroid dienone is 1. The molecule has 0 spiro atoms. The van der Waals surface area contributed by atoms with Crippen LogP contribution in [0.3, 0.4) is 0 Å². The van der Waals surface area contributed by atoms with Crippen molar-refractivity contribution in [1.82, 2.24) is 4.90 Å². The van der Waals surface area contributed by atoms with Crippen LogP contribution in [0.1, 0.15) is 23.7 Å². The molecule has 1 N–H and O–H groups in total. The Labute approximate surface area is 116 Å². The zero-order valence-electron chi connectivity index (χ0n) is 11.5. The third-order valence-corrected chi connectivity index (χ3v) is 2.44. The number of carbonyl (C=O) groups excluding carboxylic acids is 2. The molecule has 4 nitrogen and oxygen atoms in total. The predicted octanol–water partition coefficient (Wildman–Crippen LogP) is 2.57. The molecule has 6 heteroatoms. The number of hydrogen-bond acceptors (Lipinski definition) is 3. The van der Waals surface area contributed by atoms with Crippen LogP contribution >= 0.6 is 0 Å². The van der Waals surface area contributed by atoms with Crippen LogP contribution in [0.5, 0.6) is 0 Å². The Morgan fingerprint density at radius 1 is 1.25 bits per heavy atom. The van der Waals surface area contributed by atoms with Gasteiger partial charge in [0, 0.05) is 38.9 Å². The summed E-state index contributed by atoms with van der Waals surface area (Å²) in [5, 5.41) is 2.28. The second kappa shape index (κ2) is 6.79. The van der Waals surface area contributed by atoms with Crippen molar-refractivity contribution in [3.63, 3.8) is 0 Å². The summed E-state index contributed by atoms with van der Waals surface area (Å²) in [6.45, 7) is 1.60. The van der Waals surface area contributed by atoms with E-state index in [1.807, 2.05) is 0 Å². The fourth-order valence-corrected chi connectivity index (χ4v) is 1.38. The van der Waals surface area contributed by atoms with Crippen LogP contribution in [-0.2, 0) is 4.79 Å². The van der Waals surface area contributed by atoms with Crippen LogP contribution < -0.4 is 5.32 Å². The molecule has 1 aromatic carbocycles. The van der Waals surface area contributed by atoms with Crippen molar-refractivity contribution in [2.75, 3.05) is 19.4 Å². The predicted molar refractivity (Wildman–Crippen MR) is 72.4 cm³/mol. The average molecular weight is 282 g/mol. The van der Waals surface area contributed by atoms with Crippen molar-refractivity contribution < 1.29 is 18.4 Å². The molecule has 0 saturated heterocycles. The van der Waals surface area contributed by atoms with Gasteiger partial charge in [-0.3, -0.25) is 9.59 Å². The molecule has 0 heterocycles.